The maximum absolute atomic E-state index is 12.2. The summed E-state index contributed by atoms with van der Waals surface area (Å²) in [7, 11) is 1.66. The van der Waals surface area contributed by atoms with Crippen LogP contribution in [0.2, 0.25) is 0 Å². The number of nitrogens with two attached hydrogens (primary N) is 1. The second kappa shape index (κ2) is 8.13. The van der Waals surface area contributed by atoms with Crippen molar-refractivity contribution in [1.29, 1.82) is 0 Å². The molecule has 158 valence electrons. The van der Waals surface area contributed by atoms with Gasteiger partial charge in [-0.2, -0.15) is 4.98 Å². The van der Waals surface area contributed by atoms with E-state index in [2.05, 4.69) is 20.5 Å². The van der Waals surface area contributed by atoms with Crippen molar-refractivity contribution in [2.45, 2.75) is 32.1 Å². The van der Waals surface area contributed by atoms with Gasteiger partial charge in [0.1, 0.15) is 11.5 Å². The number of nitrogen functional groups attached to an aromatic ring is 1. The van der Waals surface area contributed by atoms with Crippen molar-refractivity contribution < 1.29 is 9.72 Å². The number of nitrogens with zero attached hydrogens (tertiary/aromatic N) is 4. The molecule has 10 nitrogen and oxygen atoms in total. The van der Waals surface area contributed by atoms with Crippen molar-refractivity contribution >= 4 is 34.7 Å². The number of nitrogens with one attached hydrogen (secondary N) is 2. The Labute approximate surface area is 174 Å². The summed E-state index contributed by atoms with van der Waals surface area (Å²) in [5.74, 6) is 1.25. The van der Waals surface area contributed by atoms with Gasteiger partial charge >= 0.3 is 0 Å². The highest BCUT2D eigenvalue weighted by atomic mass is 16.6. The van der Waals surface area contributed by atoms with Crippen molar-refractivity contribution in [1.82, 2.24) is 15.3 Å². The molecule has 10 heteroatoms. The highest BCUT2D eigenvalue weighted by Gasteiger charge is 2.29. The minimum absolute atomic E-state index is 0.0536. The predicted octanol–water partition coefficient (Wildman–Crippen LogP) is 2.16. The number of carbonyl (C=O) groups excluding carboxylic acids is 1. The first-order chi connectivity index (χ1) is 14.5. The SMILES string of the molecule is CNC(=O)C1CCCN(c2nc(Nc3ccc(N)c([N+](=O)[O-])c3)nc3c2CCC3)C1. The summed E-state index contributed by atoms with van der Waals surface area (Å²) in [6.07, 6.45) is 4.58. The zero-order valence-corrected chi connectivity index (χ0v) is 16.9. The van der Waals surface area contributed by atoms with E-state index in [4.69, 9.17) is 10.7 Å². The zero-order chi connectivity index (χ0) is 21.3. The number of aryl methyl sites for hydroxylation is 1. The van der Waals surface area contributed by atoms with Crippen molar-refractivity contribution in [2.75, 3.05) is 36.1 Å². The fourth-order valence-electron chi connectivity index (χ4n) is 4.23. The van der Waals surface area contributed by atoms with Gasteiger partial charge in [0, 0.05) is 37.5 Å². The van der Waals surface area contributed by atoms with Crippen molar-refractivity contribution in [2.24, 2.45) is 5.92 Å². The summed E-state index contributed by atoms with van der Waals surface area (Å²) in [6.45, 7) is 1.46. The van der Waals surface area contributed by atoms with Gasteiger partial charge < -0.3 is 21.3 Å². The van der Waals surface area contributed by atoms with Crippen molar-refractivity contribution in [3.05, 3.63) is 39.6 Å². The summed E-state index contributed by atoms with van der Waals surface area (Å²) in [6, 6.07) is 4.54. The topological polar surface area (TPSA) is 139 Å². The molecule has 0 radical (unpaired) electrons. The molecule has 1 atom stereocenters. The van der Waals surface area contributed by atoms with Gasteiger partial charge in [-0.15, -0.1) is 0 Å². The van der Waals surface area contributed by atoms with Crippen LogP contribution in [0.5, 0.6) is 0 Å². The molecule has 30 heavy (non-hydrogen) atoms. The molecule has 2 aromatic rings. The minimum atomic E-state index is -0.512. The molecular weight excluding hydrogens is 386 g/mol. The van der Waals surface area contributed by atoms with Crippen LogP contribution in [-0.4, -0.2) is 40.9 Å². The molecule has 1 aromatic heterocycles. The van der Waals surface area contributed by atoms with E-state index in [9.17, 15) is 14.9 Å². The Morgan fingerprint density at radius 1 is 1.30 bits per heavy atom. The van der Waals surface area contributed by atoms with Gasteiger partial charge in [0.05, 0.1) is 16.5 Å². The number of hydrogen-bond acceptors (Lipinski definition) is 8. The standard InChI is InChI=1S/C20H25N7O3/c1-22-19(28)12-4-3-9-26(11-12)18-14-5-2-6-16(14)24-20(25-18)23-13-7-8-15(21)17(10-13)27(29)30/h7-8,10,12H,2-6,9,11,21H2,1H3,(H,22,28)(H,23,24,25). The van der Waals surface area contributed by atoms with E-state index >= 15 is 0 Å². The number of fused-ring (bicyclic) bond motifs is 1. The van der Waals surface area contributed by atoms with E-state index in [0.29, 0.717) is 18.2 Å². The summed E-state index contributed by atoms with van der Waals surface area (Å²) < 4.78 is 0. The third-order valence-corrected chi connectivity index (χ3v) is 5.73. The molecule has 0 bridgehead atoms. The number of piperidine rings is 1. The fraction of sp³-hybridized carbons (Fsp3) is 0.450. The number of benzene rings is 1. The molecule has 1 amide bonds. The monoisotopic (exact) mass is 411 g/mol. The van der Waals surface area contributed by atoms with Crippen LogP contribution >= 0.6 is 0 Å². The smallest absolute Gasteiger partial charge is 0.294 e. The Bertz CT molecular complexity index is 995. The van der Waals surface area contributed by atoms with Crippen molar-refractivity contribution in [3.8, 4) is 0 Å². The van der Waals surface area contributed by atoms with Gasteiger partial charge in [-0.1, -0.05) is 0 Å². The lowest BCUT2D eigenvalue weighted by molar-refractivity contribution is -0.383. The van der Waals surface area contributed by atoms with Gasteiger partial charge in [-0.3, -0.25) is 14.9 Å². The molecular formula is C20H25N7O3. The van der Waals surface area contributed by atoms with Crippen LogP contribution in [0.25, 0.3) is 0 Å². The van der Waals surface area contributed by atoms with Gasteiger partial charge in [-0.05, 0) is 44.2 Å². The minimum Gasteiger partial charge on any atom is -0.393 e. The Kier molecular flexibility index (Phi) is 5.39. The number of carbonyl (C=O) groups is 1. The lowest BCUT2D eigenvalue weighted by Crippen LogP contribution is -2.43. The average molecular weight is 411 g/mol. The van der Waals surface area contributed by atoms with Gasteiger partial charge in [-0.25, -0.2) is 4.98 Å². The average Bonchev–Trinajstić information content (AvgIpc) is 3.22. The first kappa shape index (κ1) is 19.9. The van der Waals surface area contributed by atoms with Crippen LogP contribution in [-0.2, 0) is 17.6 Å². The van der Waals surface area contributed by atoms with E-state index in [-0.39, 0.29) is 23.2 Å². The van der Waals surface area contributed by atoms with Crippen LogP contribution in [0, 0.1) is 16.0 Å². The lowest BCUT2D eigenvalue weighted by Gasteiger charge is -2.34. The quantitative estimate of drug-likeness (QED) is 0.386. The Balaban J connectivity index is 1.64. The molecule has 0 saturated carbocycles. The van der Waals surface area contributed by atoms with Crippen LogP contribution in [0.3, 0.4) is 0 Å². The van der Waals surface area contributed by atoms with Crippen LogP contribution in [0.4, 0.5) is 28.8 Å². The Morgan fingerprint density at radius 3 is 2.90 bits per heavy atom. The molecule has 1 fully saturated rings. The van der Waals surface area contributed by atoms with E-state index in [1.165, 1.54) is 12.1 Å². The van der Waals surface area contributed by atoms with Gasteiger partial charge in [0.15, 0.2) is 0 Å². The van der Waals surface area contributed by atoms with E-state index in [1.54, 1.807) is 13.1 Å². The highest BCUT2D eigenvalue weighted by Crippen LogP contribution is 2.34. The second-order valence-corrected chi connectivity index (χ2v) is 7.70. The molecule has 1 aromatic carbocycles. The number of anilines is 4. The molecule has 1 aliphatic heterocycles. The highest BCUT2D eigenvalue weighted by molar-refractivity contribution is 5.79. The van der Waals surface area contributed by atoms with E-state index in [0.717, 1.165) is 55.7 Å². The van der Waals surface area contributed by atoms with Crippen LogP contribution < -0.4 is 21.3 Å². The molecule has 4 rings (SSSR count). The first-order valence-corrected chi connectivity index (χ1v) is 10.1. The Morgan fingerprint density at radius 2 is 2.13 bits per heavy atom. The van der Waals surface area contributed by atoms with E-state index in [1.807, 2.05) is 0 Å². The number of hydrogen-bond donors (Lipinski definition) is 3. The first-order valence-electron chi connectivity index (χ1n) is 10.1. The number of aromatic nitrogens is 2. The third-order valence-electron chi connectivity index (χ3n) is 5.73. The largest absolute Gasteiger partial charge is 0.393 e. The number of amides is 1. The summed E-state index contributed by atoms with van der Waals surface area (Å²) in [5, 5.41) is 17.0. The molecule has 2 heterocycles. The molecule has 1 saturated heterocycles. The number of nitro groups is 1. The molecule has 0 spiro atoms. The summed E-state index contributed by atoms with van der Waals surface area (Å²) in [5.41, 5.74) is 8.27. The maximum atomic E-state index is 12.2. The summed E-state index contributed by atoms with van der Waals surface area (Å²) in [4.78, 5) is 34.4. The van der Waals surface area contributed by atoms with Crippen LogP contribution in [0.15, 0.2) is 18.2 Å². The molecule has 1 unspecified atom stereocenters. The molecule has 2 aliphatic rings. The number of rotatable bonds is 5. The third kappa shape index (κ3) is 3.85. The maximum Gasteiger partial charge on any atom is 0.294 e. The normalized spacial score (nSPS) is 18.0. The van der Waals surface area contributed by atoms with Gasteiger partial charge in [0.2, 0.25) is 11.9 Å². The van der Waals surface area contributed by atoms with Crippen molar-refractivity contribution in [3.63, 3.8) is 0 Å². The lowest BCUT2D eigenvalue weighted by atomic mass is 9.97. The molecule has 1 aliphatic carbocycles. The second-order valence-electron chi connectivity index (χ2n) is 7.70. The fourth-order valence-corrected chi connectivity index (χ4v) is 4.23. The van der Waals surface area contributed by atoms with E-state index < -0.39 is 4.92 Å². The molecule has 4 N–H and O–H groups in total. The summed E-state index contributed by atoms with van der Waals surface area (Å²) >= 11 is 0. The number of nitro benzene ring substituents is 1. The predicted molar refractivity (Wildman–Crippen MR) is 114 cm³/mol. The Hall–Kier alpha value is -3.43. The van der Waals surface area contributed by atoms with Gasteiger partial charge in [0.25, 0.3) is 5.69 Å². The van der Waals surface area contributed by atoms with Crippen LogP contribution in [0.1, 0.15) is 30.5 Å². The zero-order valence-electron chi connectivity index (χ0n) is 16.9.